The number of rotatable bonds is 11. The summed E-state index contributed by atoms with van der Waals surface area (Å²) in [4.78, 5) is 18.6. The molecule has 1 aromatic heterocycles. The lowest BCUT2D eigenvalue weighted by Gasteiger charge is -2.39. The number of carboxylic acid groups (broad SMARTS) is 1. The first-order valence-corrected chi connectivity index (χ1v) is 14.2. The minimum absolute atomic E-state index is 0.124. The summed E-state index contributed by atoms with van der Waals surface area (Å²) in [6.07, 6.45) is 2.98. The molecule has 39 heavy (non-hydrogen) atoms. The summed E-state index contributed by atoms with van der Waals surface area (Å²) in [6, 6.07) is 15.4. The van der Waals surface area contributed by atoms with Crippen molar-refractivity contribution in [3.63, 3.8) is 0 Å². The van der Waals surface area contributed by atoms with Gasteiger partial charge in [0, 0.05) is 11.3 Å². The lowest BCUT2D eigenvalue weighted by atomic mass is 9.66. The van der Waals surface area contributed by atoms with E-state index in [0.717, 1.165) is 33.2 Å². The molecule has 0 spiro atoms. The largest absolute Gasteiger partial charge is 0.489 e. The highest BCUT2D eigenvalue weighted by Crippen LogP contribution is 2.51. The molecule has 0 saturated heterocycles. The molecule has 0 unspecified atom stereocenters. The number of ether oxygens (including phenoxy) is 2. The Hall–Kier alpha value is -3.32. The monoisotopic (exact) mass is 549 g/mol. The highest BCUT2D eigenvalue weighted by atomic mass is 32.1. The number of benzene rings is 2. The van der Waals surface area contributed by atoms with Crippen molar-refractivity contribution in [2.24, 2.45) is 5.16 Å². The van der Waals surface area contributed by atoms with Crippen LogP contribution in [0.15, 0.2) is 53.7 Å². The Morgan fingerprint density at radius 3 is 2.10 bits per heavy atom. The van der Waals surface area contributed by atoms with E-state index in [4.69, 9.17) is 19.4 Å². The van der Waals surface area contributed by atoms with Gasteiger partial charge in [-0.3, -0.25) is 4.79 Å². The smallest absolute Gasteiger partial charge is 0.303 e. The summed E-state index contributed by atoms with van der Waals surface area (Å²) in [5.74, 6) is 0.707. The number of aryl methyl sites for hydroxylation is 1. The van der Waals surface area contributed by atoms with Crippen molar-refractivity contribution >= 4 is 23.0 Å². The molecule has 1 aliphatic rings. The van der Waals surface area contributed by atoms with Crippen LogP contribution < -0.4 is 9.47 Å². The predicted molar refractivity (Wildman–Crippen MR) is 157 cm³/mol. The lowest BCUT2D eigenvalue weighted by Crippen LogP contribution is -2.32. The Labute approximate surface area is 235 Å². The number of thiophene rings is 1. The number of nitrogens with zero attached hydrogens (tertiary/aromatic N) is 1. The first-order valence-electron chi connectivity index (χ1n) is 13.4. The summed E-state index contributed by atoms with van der Waals surface area (Å²) < 4.78 is 12.0. The lowest BCUT2D eigenvalue weighted by molar-refractivity contribution is -0.136. The van der Waals surface area contributed by atoms with Crippen LogP contribution in [0.25, 0.3) is 0 Å². The van der Waals surface area contributed by atoms with Gasteiger partial charge >= 0.3 is 5.97 Å². The van der Waals surface area contributed by atoms with Crippen LogP contribution in [0, 0.1) is 6.92 Å². The maximum absolute atomic E-state index is 10.7. The molecule has 2 aromatic carbocycles. The Balaban J connectivity index is 1.38. The maximum Gasteiger partial charge on any atom is 0.303 e. The fraction of sp³-hybridized carbons (Fsp3) is 0.438. The molecule has 0 aliphatic heterocycles. The van der Waals surface area contributed by atoms with Crippen molar-refractivity contribution in [2.45, 2.75) is 77.7 Å². The molecule has 1 N–H and O–H groups in total. The van der Waals surface area contributed by atoms with Crippen molar-refractivity contribution in [1.29, 1.82) is 0 Å². The molecule has 0 radical (unpaired) electrons. The van der Waals surface area contributed by atoms with E-state index < -0.39 is 5.97 Å². The highest BCUT2D eigenvalue weighted by Gasteiger charge is 2.41. The third kappa shape index (κ3) is 6.82. The molecule has 4 rings (SSSR count). The molecule has 1 heterocycles. The molecule has 3 aromatic rings. The van der Waals surface area contributed by atoms with Gasteiger partial charge in [-0.05, 0) is 83.5 Å². The van der Waals surface area contributed by atoms with Crippen LogP contribution in [-0.4, -0.2) is 30.5 Å². The first-order chi connectivity index (χ1) is 18.5. The molecule has 1 aliphatic carbocycles. The SMILES string of the molecule is CO/N=C(/COc1ccc(COc2ccc(CCC(=O)O)cc2)cc1)c1sc2c(c1C)C(C)(C)CCC2(C)C. The van der Waals surface area contributed by atoms with Crippen LogP contribution in [0.5, 0.6) is 11.5 Å². The molecule has 208 valence electrons. The second kappa shape index (κ2) is 11.8. The number of hydrogen-bond acceptors (Lipinski definition) is 6. The van der Waals surface area contributed by atoms with Gasteiger partial charge < -0.3 is 19.4 Å². The van der Waals surface area contributed by atoms with Gasteiger partial charge in [0.25, 0.3) is 0 Å². The van der Waals surface area contributed by atoms with Gasteiger partial charge in [0.2, 0.25) is 0 Å². The molecular weight excluding hydrogens is 510 g/mol. The van der Waals surface area contributed by atoms with E-state index in [9.17, 15) is 4.79 Å². The zero-order valence-corrected chi connectivity index (χ0v) is 24.6. The Morgan fingerprint density at radius 1 is 0.923 bits per heavy atom. The average molecular weight is 550 g/mol. The Morgan fingerprint density at radius 2 is 1.51 bits per heavy atom. The Kier molecular flexibility index (Phi) is 8.70. The van der Waals surface area contributed by atoms with Crippen LogP contribution >= 0.6 is 11.3 Å². The van der Waals surface area contributed by atoms with Gasteiger partial charge in [-0.1, -0.05) is 57.1 Å². The average Bonchev–Trinajstić information content (AvgIpc) is 3.27. The topological polar surface area (TPSA) is 77.3 Å². The summed E-state index contributed by atoms with van der Waals surface area (Å²) >= 11 is 1.83. The maximum atomic E-state index is 10.7. The fourth-order valence-electron chi connectivity index (χ4n) is 5.19. The molecule has 0 bridgehead atoms. The van der Waals surface area contributed by atoms with E-state index in [1.807, 2.05) is 59.9 Å². The molecular formula is C32H39NO5S. The normalized spacial score (nSPS) is 15.9. The number of aliphatic carboxylic acids is 1. The number of fused-ring (bicyclic) bond motifs is 1. The molecule has 0 fully saturated rings. The van der Waals surface area contributed by atoms with Crippen molar-refractivity contribution in [2.75, 3.05) is 13.7 Å². The predicted octanol–water partition coefficient (Wildman–Crippen LogP) is 7.43. The zero-order valence-electron chi connectivity index (χ0n) is 23.8. The van der Waals surface area contributed by atoms with E-state index in [2.05, 4.69) is 39.8 Å². The van der Waals surface area contributed by atoms with E-state index in [1.165, 1.54) is 28.8 Å². The summed E-state index contributed by atoms with van der Waals surface area (Å²) in [7, 11) is 1.58. The van der Waals surface area contributed by atoms with Crippen LogP contribution in [0.1, 0.15) is 79.0 Å². The number of carbonyl (C=O) groups is 1. The Bertz CT molecular complexity index is 1320. The molecule has 0 amide bonds. The first kappa shape index (κ1) is 28.7. The molecule has 7 heteroatoms. The third-order valence-electron chi connectivity index (χ3n) is 7.53. The van der Waals surface area contributed by atoms with E-state index in [1.54, 1.807) is 7.11 Å². The van der Waals surface area contributed by atoms with Gasteiger partial charge in [-0.15, -0.1) is 11.3 Å². The highest BCUT2D eigenvalue weighted by molar-refractivity contribution is 7.14. The minimum Gasteiger partial charge on any atom is -0.489 e. The van der Waals surface area contributed by atoms with Crippen molar-refractivity contribution in [3.05, 3.63) is 80.5 Å². The van der Waals surface area contributed by atoms with Crippen LogP contribution in [0.3, 0.4) is 0 Å². The van der Waals surface area contributed by atoms with Crippen molar-refractivity contribution < 1.29 is 24.2 Å². The van der Waals surface area contributed by atoms with Gasteiger partial charge in [0.1, 0.15) is 37.5 Å². The fourth-order valence-corrected chi connectivity index (χ4v) is 6.77. The van der Waals surface area contributed by atoms with Gasteiger partial charge in [-0.25, -0.2) is 0 Å². The van der Waals surface area contributed by atoms with Gasteiger partial charge in [0.05, 0.1) is 4.88 Å². The van der Waals surface area contributed by atoms with Gasteiger partial charge in [-0.2, -0.15) is 0 Å². The summed E-state index contributed by atoms with van der Waals surface area (Å²) in [5.41, 5.74) is 5.85. The number of carboxylic acids is 1. The minimum atomic E-state index is -0.793. The summed E-state index contributed by atoms with van der Waals surface area (Å²) in [6.45, 7) is 12.3. The van der Waals surface area contributed by atoms with Gasteiger partial charge in [0.15, 0.2) is 0 Å². The quantitative estimate of drug-likeness (QED) is 0.199. The third-order valence-corrected chi connectivity index (χ3v) is 9.24. The van der Waals surface area contributed by atoms with Crippen molar-refractivity contribution in [1.82, 2.24) is 0 Å². The van der Waals surface area contributed by atoms with Crippen molar-refractivity contribution in [3.8, 4) is 11.5 Å². The number of oxime groups is 1. The van der Waals surface area contributed by atoms with Crippen LogP contribution in [0.2, 0.25) is 0 Å². The second-order valence-corrected chi connectivity index (χ2v) is 12.5. The second-order valence-electron chi connectivity index (χ2n) is 11.5. The van der Waals surface area contributed by atoms with E-state index in [0.29, 0.717) is 19.6 Å². The van der Waals surface area contributed by atoms with Crippen LogP contribution in [-0.2, 0) is 33.5 Å². The zero-order chi connectivity index (χ0) is 28.2. The molecule has 6 nitrogen and oxygen atoms in total. The standard InChI is InChI=1S/C32H39NO5S/c1-21-28-30(32(4,5)18-17-31(28,2)3)39-29(21)26(33-36-6)20-38-25-14-9-23(10-15-25)19-37-24-12-7-22(8-13-24)11-16-27(34)35/h7-10,12-15H,11,16-20H2,1-6H3,(H,34,35)/b33-26-. The van der Waals surface area contributed by atoms with Crippen LogP contribution in [0.4, 0.5) is 0 Å². The van der Waals surface area contributed by atoms with E-state index >= 15 is 0 Å². The number of hydrogen-bond donors (Lipinski definition) is 1. The van der Waals surface area contributed by atoms with E-state index in [-0.39, 0.29) is 17.3 Å². The summed E-state index contributed by atoms with van der Waals surface area (Å²) in [5, 5.41) is 13.2. The molecule has 0 atom stereocenters. The molecule has 0 saturated carbocycles.